The van der Waals surface area contributed by atoms with Crippen molar-refractivity contribution in [2.75, 3.05) is 6.54 Å². The summed E-state index contributed by atoms with van der Waals surface area (Å²) < 4.78 is 39.4. The molecule has 5 aliphatic carbocycles. The van der Waals surface area contributed by atoms with Gasteiger partial charge in [-0.05, 0) is 79.1 Å². The SMILES string of the molecule is [C-]#[N+]C1=C[C@]2(C)C3=CC(=O)[C@@H]4[C@@H]5CC(C)(C)CC[C@]5(C(=O)NCC(F)(F)F)CC[C@@]4(C)[C@]3(C)CC[C@H]2C(C)(C)C1=O. The van der Waals surface area contributed by atoms with E-state index in [-0.39, 0.29) is 34.5 Å². The summed E-state index contributed by atoms with van der Waals surface area (Å²) in [7, 11) is 0. The highest BCUT2D eigenvalue weighted by atomic mass is 19.4. The summed E-state index contributed by atoms with van der Waals surface area (Å²) in [6.07, 6.45) is 3.35. The molecule has 1 N–H and O–H groups in total. The number of halogens is 3. The van der Waals surface area contributed by atoms with Crippen LogP contribution in [0.5, 0.6) is 0 Å². The Labute approximate surface area is 241 Å². The third-order valence-corrected chi connectivity index (χ3v) is 12.7. The lowest BCUT2D eigenvalue weighted by Gasteiger charge is -2.69. The molecular weight excluding hydrogens is 529 g/mol. The number of carbonyl (C=O) groups excluding carboxylic acids is 3. The van der Waals surface area contributed by atoms with Crippen LogP contribution in [0.1, 0.15) is 93.4 Å². The number of hydrogen-bond donors (Lipinski definition) is 1. The molecule has 0 bridgehead atoms. The second kappa shape index (κ2) is 8.80. The molecule has 0 radical (unpaired) electrons. The van der Waals surface area contributed by atoms with Gasteiger partial charge in [-0.3, -0.25) is 9.59 Å². The monoisotopic (exact) mass is 572 g/mol. The average molecular weight is 573 g/mol. The molecule has 3 fully saturated rings. The molecule has 0 aliphatic heterocycles. The van der Waals surface area contributed by atoms with Crippen molar-refractivity contribution in [3.8, 4) is 0 Å². The maximum Gasteiger partial charge on any atom is 0.405 e. The van der Waals surface area contributed by atoms with Gasteiger partial charge in [-0.15, -0.1) is 0 Å². The van der Waals surface area contributed by atoms with E-state index in [0.29, 0.717) is 32.1 Å². The molecule has 0 spiro atoms. The highest BCUT2D eigenvalue weighted by Gasteiger charge is 2.70. The first-order valence-corrected chi connectivity index (χ1v) is 15.0. The summed E-state index contributed by atoms with van der Waals surface area (Å²) in [5, 5.41) is 2.21. The number of nitrogens with zero attached hydrogens (tertiary/aromatic N) is 1. The number of Topliss-reactive ketones (excluding diaryl/α,β-unsaturated/α-hetero) is 1. The van der Waals surface area contributed by atoms with Crippen molar-refractivity contribution in [1.82, 2.24) is 5.32 Å². The second-order valence-corrected chi connectivity index (χ2v) is 15.7. The lowest BCUT2D eigenvalue weighted by molar-refractivity contribution is -0.181. The topological polar surface area (TPSA) is 67.6 Å². The Morgan fingerprint density at radius 1 is 1.02 bits per heavy atom. The Bertz CT molecular complexity index is 1320. The number of fused-ring (bicyclic) bond motifs is 7. The van der Waals surface area contributed by atoms with Crippen molar-refractivity contribution in [1.29, 1.82) is 0 Å². The number of nitrogens with one attached hydrogen (secondary N) is 1. The first-order valence-electron chi connectivity index (χ1n) is 15.0. The molecular formula is C33H43F3N2O3. The van der Waals surface area contributed by atoms with Crippen LogP contribution in [0, 0.1) is 56.8 Å². The molecule has 0 aromatic carbocycles. The van der Waals surface area contributed by atoms with Crippen molar-refractivity contribution in [2.24, 2.45) is 50.2 Å². The van der Waals surface area contributed by atoms with E-state index in [1.807, 2.05) is 13.8 Å². The van der Waals surface area contributed by atoms with Gasteiger partial charge in [0.15, 0.2) is 11.6 Å². The predicted molar refractivity (Wildman–Crippen MR) is 149 cm³/mol. The lowest BCUT2D eigenvalue weighted by atomic mass is 9.34. The molecule has 224 valence electrons. The van der Waals surface area contributed by atoms with Crippen LogP contribution < -0.4 is 5.32 Å². The fraction of sp³-hybridized carbons (Fsp3) is 0.758. The van der Waals surface area contributed by atoms with Gasteiger partial charge < -0.3 is 10.1 Å². The van der Waals surface area contributed by atoms with E-state index in [1.54, 1.807) is 12.2 Å². The number of alkyl halides is 3. The number of carbonyl (C=O) groups is 3. The first kappa shape index (κ1) is 30.0. The molecule has 41 heavy (non-hydrogen) atoms. The van der Waals surface area contributed by atoms with E-state index >= 15 is 0 Å². The Morgan fingerprint density at radius 3 is 2.27 bits per heavy atom. The van der Waals surface area contributed by atoms with Crippen molar-refractivity contribution in [3.05, 3.63) is 34.8 Å². The summed E-state index contributed by atoms with van der Waals surface area (Å²) >= 11 is 0. The molecule has 5 rings (SSSR count). The van der Waals surface area contributed by atoms with Crippen molar-refractivity contribution < 1.29 is 27.6 Å². The van der Waals surface area contributed by atoms with Gasteiger partial charge in [-0.25, -0.2) is 4.85 Å². The first-order chi connectivity index (χ1) is 18.7. The van der Waals surface area contributed by atoms with Crippen LogP contribution in [0.4, 0.5) is 13.2 Å². The van der Waals surface area contributed by atoms with Crippen molar-refractivity contribution in [3.63, 3.8) is 0 Å². The smallest absolute Gasteiger partial charge is 0.346 e. The number of rotatable bonds is 2. The van der Waals surface area contributed by atoms with E-state index in [0.717, 1.165) is 18.4 Å². The Morgan fingerprint density at radius 2 is 1.66 bits per heavy atom. The maximum atomic E-state index is 14.4. The number of amides is 1. The van der Waals surface area contributed by atoms with Gasteiger partial charge in [0.2, 0.25) is 11.6 Å². The van der Waals surface area contributed by atoms with Gasteiger partial charge >= 0.3 is 6.18 Å². The van der Waals surface area contributed by atoms with Gasteiger partial charge in [-0.1, -0.05) is 60.1 Å². The van der Waals surface area contributed by atoms with Gasteiger partial charge in [0.05, 0.1) is 12.0 Å². The van der Waals surface area contributed by atoms with Gasteiger partial charge in [0.25, 0.3) is 0 Å². The van der Waals surface area contributed by atoms with Crippen LogP contribution in [0.2, 0.25) is 0 Å². The molecule has 5 nitrogen and oxygen atoms in total. The Kier molecular flexibility index (Phi) is 6.45. The summed E-state index contributed by atoms with van der Waals surface area (Å²) in [5.74, 6) is -1.72. The zero-order valence-corrected chi connectivity index (χ0v) is 25.3. The van der Waals surface area contributed by atoms with Crippen LogP contribution in [-0.2, 0) is 14.4 Å². The maximum absolute atomic E-state index is 14.4. The minimum absolute atomic E-state index is 0.0651. The standard InChI is InChI=1S/C33H43F3N2O3/c1-27(2)11-13-32(26(41)38-18-33(34,35)36)14-12-31(7)24(19(32)16-27)21(39)15-23-29(5)17-20(37-8)25(40)28(3,4)22(29)9-10-30(23,31)6/h15,17,19,22,24H,9-14,16,18H2,1-7H3,(H,38,41)/t19-,22-,24-,29-,30+,31+,32-/m0/s1. The predicted octanol–water partition coefficient (Wildman–Crippen LogP) is 7.24. The fourth-order valence-corrected chi connectivity index (χ4v) is 10.4. The van der Waals surface area contributed by atoms with E-state index < -0.39 is 51.6 Å². The zero-order chi connectivity index (χ0) is 30.6. The minimum atomic E-state index is -4.51. The number of ketones is 2. The number of allylic oxidation sites excluding steroid dienone is 4. The molecule has 5 aliphatic rings. The molecule has 0 aromatic rings. The normalized spacial score (nSPS) is 42.8. The van der Waals surface area contributed by atoms with Crippen LogP contribution in [0.3, 0.4) is 0 Å². The molecule has 0 saturated heterocycles. The summed E-state index contributed by atoms with van der Waals surface area (Å²) in [4.78, 5) is 44.9. The summed E-state index contributed by atoms with van der Waals surface area (Å²) in [5.41, 5.74) is -2.44. The van der Waals surface area contributed by atoms with Crippen LogP contribution in [0.15, 0.2) is 23.4 Å². The second-order valence-electron chi connectivity index (χ2n) is 15.7. The van der Waals surface area contributed by atoms with Crippen LogP contribution in [-0.4, -0.2) is 30.2 Å². The van der Waals surface area contributed by atoms with E-state index in [1.165, 1.54) is 0 Å². The van der Waals surface area contributed by atoms with Gasteiger partial charge in [0, 0.05) is 16.7 Å². The van der Waals surface area contributed by atoms with Crippen LogP contribution in [0.25, 0.3) is 4.85 Å². The highest BCUT2D eigenvalue weighted by molar-refractivity contribution is 6.03. The third kappa shape index (κ3) is 4.03. The van der Waals surface area contributed by atoms with Gasteiger partial charge in [0.1, 0.15) is 6.54 Å². The summed E-state index contributed by atoms with van der Waals surface area (Å²) in [6.45, 7) is 20.8. The average Bonchev–Trinajstić information content (AvgIpc) is 2.85. The molecule has 1 amide bonds. The molecule has 0 aromatic heterocycles. The third-order valence-electron chi connectivity index (χ3n) is 12.7. The quantitative estimate of drug-likeness (QED) is 0.355. The van der Waals surface area contributed by atoms with Crippen molar-refractivity contribution >= 4 is 17.5 Å². The summed E-state index contributed by atoms with van der Waals surface area (Å²) in [6, 6.07) is 0. The zero-order valence-electron chi connectivity index (χ0n) is 25.3. The minimum Gasteiger partial charge on any atom is -0.346 e. The largest absolute Gasteiger partial charge is 0.405 e. The molecule has 8 heteroatoms. The highest BCUT2D eigenvalue weighted by Crippen LogP contribution is 2.74. The molecule has 7 atom stereocenters. The molecule has 3 saturated carbocycles. The van der Waals surface area contributed by atoms with E-state index in [4.69, 9.17) is 6.57 Å². The van der Waals surface area contributed by atoms with E-state index in [9.17, 15) is 27.6 Å². The molecule has 0 unspecified atom stereocenters. The number of hydrogen-bond acceptors (Lipinski definition) is 3. The Balaban J connectivity index is 1.65. The fourth-order valence-electron chi connectivity index (χ4n) is 10.4. The van der Waals surface area contributed by atoms with Crippen molar-refractivity contribution in [2.45, 2.75) is 99.6 Å². The van der Waals surface area contributed by atoms with Gasteiger partial charge in [-0.2, -0.15) is 13.2 Å². The lowest BCUT2D eigenvalue weighted by Crippen LogP contribution is -2.66. The van der Waals surface area contributed by atoms with Crippen LogP contribution >= 0.6 is 0 Å². The molecule has 0 heterocycles. The Hall–Kier alpha value is -2.43. The van der Waals surface area contributed by atoms with E-state index in [2.05, 4.69) is 44.8 Å².